The second kappa shape index (κ2) is 4.77. The van der Waals surface area contributed by atoms with Crippen molar-refractivity contribution in [3.63, 3.8) is 0 Å². The van der Waals surface area contributed by atoms with Crippen LogP contribution in [0.1, 0.15) is 25.6 Å². The van der Waals surface area contributed by atoms with Crippen LogP contribution in [-0.2, 0) is 0 Å². The third-order valence-electron chi connectivity index (χ3n) is 2.11. The van der Waals surface area contributed by atoms with Gasteiger partial charge in [0.1, 0.15) is 0 Å². The first-order valence-electron chi connectivity index (χ1n) is 4.56. The third-order valence-corrected chi connectivity index (χ3v) is 4.02. The van der Waals surface area contributed by atoms with Crippen molar-refractivity contribution in [1.29, 1.82) is 0 Å². The number of halogens is 1. The van der Waals surface area contributed by atoms with Crippen LogP contribution >= 0.6 is 27.3 Å². The van der Waals surface area contributed by atoms with Crippen molar-refractivity contribution in [2.75, 3.05) is 0 Å². The molecule has 0 aliphatic carbocycles. The van der Waals surface area contributed by atoms with Gasteiger partial charge in [0, 0.05) is 27.8 Å². The Balaban J connectivity index is 2.49. The van der Waals surface area contributed by atoms with Gasteiger partial charge in [-0.1, -0.05) is 0 Å². The zero-order valence-corrected chi connectivity index (χ0v) is 10.8. The molecule has 0 atom stereocenters. The summed E-state index contributed by atoms with van der Waals surface area (Å²) in [6.45, 7) is 0. The molecule has 0 unspecified atom stereocenters. The van der Waals surface area contributed by atoms with E-state index in [0.717, 1.165) is 11.3 Å². The van der Waals surface area contributed by atoms with Crippen LogP contribution in [0.15, 0.2) is 34.4 Å². The third kappa shape index (κ3) is 2.27. The normalized spacial score (nSPS) is 10.2. The van der Waals surface area contributed by atoms with E-state index < -0.39 is 5.97 Å². The molecule has 0 bridgehead atoms. The van der Waals surface area contributed by atoms with Crippen LogP contribution < -0.4 is 0 Å². The van der Waals surface area contributed by atoms with Crippen molar-refractivity contribution >= 4 is 39.0 Å². The Morgan fingerprint density at radius 3 is 2.53 bits per heavy atom. The molecule has 0 amide bonds. The number of thiophene rings is 1. The fourth-order valence-electron chi connectivity index (χ4n) is 1.34. The molecule has 0 aliphatic rings. The molecular formula is C11H6BrNO3S. The number of aromatic carboxylic acids is 1. The number of hydrogen-bond acceptors (Lipinski definition) is 4. The van der Waals surface area contributed by atoms with E-state index in [-0.39, 0.29) is 16.2 Å². The lowest BCUT2D eigenvalue weighted by Crippen LogP contribution is -2.06. The molecule has 0 spiro atoms. The smallest absolute Gasteiger partial charge is 0.338 e. The topological polar surface area (TPSA) is 67.3 Å². The summed E-state index contributed by atoms with van der Waals surface area (Å²) in [6, 6.07) is 3.11. The number of nitrogens with zero attached hydrogens (tertiary/aromatic N) is 1. The number of rotatable bonds is 3. The average Bonchev–Trinajstić information content (AvgIpc) is 2.71. The van der Waals surface area contributed by atoms with E-state index >= 15 is 0 Å². The molecule has 6 heteroatoms. The molecule has 0 aromatic carbocycles. The highest BCUT2D eigenvalue weighted by Crippen LogP contribution is 2.29. The Morgan fingerprint density at radius 1 is 1.29 bits per heavy atom. The standard InChI is InChI=1S/C11H6BrNO3S/c12-7-5-17-10(8(7)11(15)16)9(14)6-1-3-13-4-2-6/h1-5H,(H,15,16). The summed E-state index contributed by atoms with van der Waals surface area (Å²) in [6.07, 6.45) is 2.99. The van der Waals surface area contributed by atoms with Crippen molar-refractivity contribution in [3.05, 3.63) is 50.4 Å². The highest BCUT2D eigenvalue weighted by atomic mass is 79.9. The maximum Gasteiger partial charge on any atom is 0.338 e. The zero-order valence-electron chi connectivity index (χ0n) is 8.38. The molecule has 2 aromatic rings. The molecular weight excluding hydrogens is 306 g/mol. The van der Waals surface area contributed by atoms with Crippen LogP contribution in [-0.4, -0.2) is 21.8 Å². The van der Waals surface area contributed by atoms with Crippen LogP contribution in [0.4, 0.5) is 0 Å². The molecule has 17 heavy (non-hydrogen) atoms. The first-order chi connectivity index (χ1) is 8.11. The Kier molecular flexibility index (Phi) is 3.35. The molecule has 0 fully saturated rings. The van der Waals surface area contributed by atoms with E-state index in [1.54, 1.807) is 17.5 Å². The van der Waals surface area contributed by atoms with Gasteiger partial charge in [-0.05, 0) is 28.1 Å². The molecule has 4 nitrogen and oxygen atoms in total. The minimum Gasteiger partial charge on any atom is -0.478 e. The van der Waals surface area contributed by atoms with Crippen molar-refractivity contribution in [2.45, 2.75) is 0 Å². The Morgan fingerprint density at radius 2 is 1.94 bits per heavy atom. The van der Waals surface area contributed by atoms with Gasteiger partial charge in [0.05, 0.1) is 10.4 Å². The minimum atomic E-state index is -1.12. The van der Waals surface area contributed by atoms with Crippen molar-refractivity contribution in [1.82, 2.24) is 4.98 Å². The van der Waals surface area contributed by atoms with Gasteiger partial charge in [-0.25, -0.2) is 4.79 Å². The fourth-order valence-corrected chi connectivity index (χ4v) is 3.00. The van der Waals surface area contributed by atoms with E-state index in [1.165, 1.54) is 12.4 Å². The maximum absolute atomic E-state index is 12.1. The predicted octanol–water partition coefficient (Wildman–Crippen LogP) is 2.83. The van der Waals surface area contributed by atoms with E-state index in [0.29, 0.717) is 10.0 Å². The van der Waals surface area contributed by atoms with Gasteiger partial charge in [-0.15, -0.1) is 11.3 Å². The van der Waals surface area contributed by atoms with Gasteiger partial charge < -0.3 is 5.11 Å². The largest absolute Gasteiger partial charge is 0.478 e. The van der Waals surface area contributed by atoms with E-state index in [1.807, 2.05) is 0 Å². The SMILES string of the molecule is O=C(c1ccncc1)c1scc(Br)c1C(=O)O. The van der Waals surface area contributed by atoms with E-state index in [9.17, 15) is 9.59 Å². The molecule has 0 saturated heterocycles. The number of carboxylic acids is 1. The van der Waals surface area contributed by atoms with Gasteiger partial charge in [0.15, 0.2) is 0 Å². The van der Waals surface area contributed by atoms with Gasteiger partial charge >= 0.3 is 5.97 Å². The second-order valence-electron chi connectivity index (χ2n) is 3.16. The van der Waals surface area contributed by atoms with Crippen LogP contribution in [0.5, 0.6) is 0 Å². The van der Waals surface area contributed by atoms with Gasteiger partial charge in [-0.3, -0.25) is 9.78 Å². The fraction of sp³-hybridized carbons (Fsp3) is 0. The maximum atomic E-state index is 12.1. The molecule has 0 aliphatic heterocycles. The Bertz CT molecular complexity index is 580. The Hall–Kier alpha value is -1.53. The average molecular weight is 312 g/mol. The summed E-state index contributed by atoms with van der Waals surface area (Å²) in [5.74, 6) is -1.42. The minimum absolute atomic E-state index is 0.0109. The summed E-state index contributed by atoms with van der Waals surface area (Å²) in [5, 5.41) is 10.6. The summed E-state index contributed by atoms with van der Waals surface area (Å²) in [4.78, 5) is 27.2. The summed E-state index contributed by atoms with van der Waals surface area (Å²) < 4.78 is 0.424. The van der Waals surface area contributed by atoms with Crippen LogP contribution in [0.25, 0.3) is 0 Å². The number of carbonyl (C=O) groups excluding carboxylic acids is 1. The summed E-state index contributed by atoms with van der Waals surface area (Å²) in [7, 11) is 0. The lowest BCUT2D eigenvalue weighted by molar-refractivity contribution is 0.0693. The quantitative estimate of drug-likeness (QED) is 0.885. The number of pyridine rings is 1. The first-order valence-corrected chi connectivity index (χ1v) is 6.23. The Labute approximate surface area is 109 Å². The summed E-state index contributed by atoms with van der Waals surface area (Å²) >= 11 is 4.23. The van der Waals surface area contributed by atoms with Crippen molar-refractivity contribution in [2.24, 2.45) is 0 Å². The second-order valence-corrected chi connectivity index (χ2v) is 4.89. The zero-order chi connectivity index (χ0) is 12.4. The summed E-state index contributed by atoms with van der Waals surface area (Å²) in [5.41, 5.74) is 0.439. The van der Waals surface area contributed by atoms with Gasteiger partial charge in [-0.2, -0.15) is 0 Å². The lowest BCUT2D eigenvalue weighted by atomic mass is 10.1. The molecule has 2 aromatic heterocycles. The highest BCUT2D eigenvalue weighted by molar-refractivity contribution is 9.10. The number of hydrogen-bond donors (Lipinski definition) is 1. The van der Waals surface area contributed by atoms with Crippen LogP contribution in [0.3, 0.4) is 0 Å². The molecule has 2 rings (SSSR count). The van der Waals surface area contributed by atoms with Gasteiger partial charge in [0.2, 0.25) is 5.78 Å². The first kappa shape index (κ1) is 11.9. The monoisotopic (exact) mass is 311 g/mol. The lowest BCUT2D eigenvalue weighted by Gasteiger charge is -1.99. The predicted molar refractivity (Wildman–Crippen MR) is 66.6 cm³/mol. The van der Waals surface area contributed by atoms with Crippen LogP contribution in [0, 0.1) is 0 Å². The molecule has 0 radical (unpaired) electrons. The van der Waals surface area contributed by atoms with Crippen LogP contribution in [0.2, 0.25) is 0 Å². The molecule has 0 saturated carbocycles. The number of aromatic nitrogens is 1. The highest BCUT2D eigenvalue weighted by Gasteiger charge is 2.22. The van der Waals surface area contributed by atoms with Gasteiger partial charge in [0.25, 0.3) is 0 Å². The number of ketones is 1. The molecule has 1 N–H and O–H groups in total. The number of carbonyl (C=O) groups is 2. The molecule has 86 valence electrons. The van der Waals surface area contributed by atoms with Crippen molar-refractivity contribution in [3.8, 4) is 0 Å². The van der Waals surface area contributed by atoms with E-state index in [2.05, 4.69) is 20.9 Å². The van der Waals surface area contributed by atoms with E-state index in [4.69, 9.17) is 5.11 Å². The molecule has 2 heterocycles. The van der Waals surface area contributed by atoms with Crippen molar-refractivity contribution < 1.29 is 14.7 Å². The number of carboxylic acid groups (broad SMARTS) is 1.